The first-order chi connectivity index (χ1) is 14.2. The molecular weight excluding hydrogens is 408 g/mol. The van der Waals surface area contributed by atoms with Crippen LogP contribution in [0, 0.1) is 28.1 Å². The second kappa shape index (κ2) is 6.54. The van der Waals surface area contributed by atoms with E-state index in [0.29, 0.717) is 13.0 Å². The Morgan fingerprint density at radius 3 is 2.19 bits per heavy atom. The zero-order chi connectivity index (χ0) is 23.1. The number of alkyl halides is 2. The molecule has 0 bridgehead atoms. The molecule has 31 heavy (non-hydrogen) atoms. The number of nitrogens with zero attached hydrogens (tertiary/aromatic N) is 2. The fourth-order valence-electron chi connectivity index (χ4n) is 5.82. The van der Waals surface area contributed by atoms with Crippen LogP contribution in [0.2, 0.25) is 0 Å². The number of ether oxygens (including phenoxy) is 1. The van der Waals surface area contributed by atoms with Crippen molar-refractivity contribution in [1.82, 2.24) is 15.1 Å². The molecule has 2 saturated heterocycles. The molecule has 0 aromatic rings. The third-order valence-corrected chi connectivity index (χ3v) is 8.28. The van der Waals surface area contributed by atoms with Crippen molar-refractivity contribution >= 4 is 17.9 Å². The lowest BCUT2D eigenvalue weighted by atomic mass is 9.60. The second-order valence-corrected chi connectivity index (χ2v) is 11.5. The van der Waals surface area contributed by atoms with Gasteiger partial charge in [0.05, 0.1) is 12.5 Å². The van der Waals surface area contributed by atoms with Crippen LogP contribution in [0.5, 0.6) is 0 Å². The number of halogens is 2. The van der Waals surface area contributed by atoms with Gasteiger partial charge in [0.1, 0.15) is 12.1 Å². The number of carbonyl (C=O) groups excluding carboxylic acids is 3. The highest BCUT2D eigenvalue weighted by molar-refractivity contribution is 5.92. The fraction of sp³-hybridized carbons (Fsp3) is 0.864. The molecule has 3 amide bonds. The molecule has 4 aliphatic rings. The van der Waals surface area contributed by atoms with Crippen molar-refractivity contribution in [2.75, 3.05) is 26.7 Å². The van der Waals surface area contributed by atoms with Crippen LogP contribution < -0.4 is 5.32 Å². The zero-order valence-electron chi connectivity index (χ0n) is 19.1. The molecule has 2 heterocycles. The van der Waals surface area contributed by atoms with Crippen LogP contribution in [0.1, 0.15) is 47.5 Å². The van der Waals surface area contributed by atoms with Gasteiger partial charge in [-0.25, -0.2) is 18.4 Å². The predicted molar refractivity (Wildman–Crippen MR) is 108 cm³/mol. The van der Waals surface area contributed by atoms with Crippen LogP contribution in [-0.2, 0) is 14.3 Å². The van der Waals surface area contributed by atoms with Gasteiger partial charge in [0.25, 0.3) is 5.92 Å². The maximum Gasteiger partial charge on any atom is 0.328 e. The highest BCUT2D eigenvalue weighted by Gasteiger charge is 2.70. The first-order valence-corrected chi connectivity index (χ1v) is 11.0. The van der Waals surface area contributed by atoms with Gasteiger partial charge in [0, 0.05) is 32.0 Å². The van der Waals surface area contributed by atoms with Crippen molar-refractivity contribution in [1.29, 1.82) is 0 Å². The van der Waals surface area contributed by atoms with E-state index < -0.39 is 40.8 Å². The van der Waals surface area contributed by atoms with Gasteiger partial charge in [-0.3, -0.25) is 4.79 Å². The molecule has 9 heteroatoms. The van der Waals surface area contributed by atoms with E-state index in [1.165, 1.54) is 12.0 Å². The largest absolute Gasteiger partial charge is 0.467 e. The molecule has 0 radical (unpaired) electrons. The van der Waals surface area contributed by atoms with E-state index in [4.69, 9.17) is 4.74 Å². The zero-order valence-corrected chi connectivity index (χ0v) is 19.1. The summed E-state index contributed by atoms with van der Waals surface area (Å²) in [6, 6.07) is -2.06. The normalized spacial score (nSPS) is 32.5. The van der Waals surface area contributed by atoms with Gasteiger partial charge in [-0.2, -0.15) is 0 Å². The van der Waals surface area contributed by atoms with E-state index >= 15 is 0 Å². The molecule has 1 N–H and O–H groups in total. The Bertz CT molecular complexity index is 816. The maximum atomic E-state index is 13.9. The summed E-state index contributed by atoms with van der Waals surface area (Å²) < 4.78 is 32.7. The Labute approximate surface area is 181 Å². The van der Waals surface area contributed by atoms with Crippen LogP contribution in [-0.4, -0.2) is 72.5 Å². The van der Waals surface area contributed by atoms with Crippen molar-refractivity contribution in [2.45, 2.75) is 65.5 Å². The summed E-state index contributed by atoms with van der Waals surface area (Å²) in [5, 5.41) is 2.78. The van der Waals surface area contributed by atoms with E-state index in [-0.39, 0.29) is 42.7 Å². The molecule has 0 unspecified atom stereocenters. The number of likely N-dealkylation sites (tertiary alicyclic amines) is 2. The van der Waals surface area contributed by atoms with Crippen molar-refractivity contribution in [3.05, 3.63) is 0 Å². The van der Waals surface area contributed by atoms with E-state index in [9.17, 15) is 23.2 Å². The van der Waals surface area contributed by atoms with E-state index in [2.05, 4.69) is 19.2 Å². The lowest BCUT2D eigenvalue weighted by Gasteiger charge is -2.59. The van der Waals surface area contributed by atoms with Gasteiger partial charge in [0.15, 0.2) is 0 Å². The van der Waals surface area contributed by atoms with Gasteiger partial charge in [-0.1, -0.05) is 34.6 Å². The number of fused-ring (bicyclic) bond motifs is 1. The number of methoxy groups -OCH3 is 1. The molecule has 1 spiro atoms. The Morgan fingerprint density at radius 1 is 1.13 bits per heavy atom. The van der Waals surface area contributed by atoms with Gasteiger partial charge in [-0.15, -0.1) is 0 Å². The number of hydrogen-bond acceptors (Lipinski definition) is 4. The van der Waals surface area contributed by atoms with Gasteiger partial charge in [0.2, 0.25) is 5.91 Å². The molecule has 4 rings (SSSR count). The summed E-state index contributed by atoms with van der Waals surface area (Å²) in [6.07, 6.45) is 0.284. The first kappa shape index (κ1) is 22.3. The number of nitrogens with one attached hydrogen (secondary N) is 1. The molecule has 0 aromatic heterocycles. The second-order valence-electron chi connectivity index (χ2n) is 11.5. The topological polar surface area (TPSA) is 79.0 Å². The van der Waals surface area contributed by atoms with Crippen LogP contribution in [0.4, 0.5) is 13.6 Å². The number of piperidine rings is 1. The lowest BCUT2D eigenvalue weighted by molar-refractivity contribution is -0.248. The Kier molecular flexibility index (Phi) is 4.70. The smallest absolute Gasteiger partial charge is 0.328 e. The average molecular weight is 442 g/mol. The van der Waals surface area contributed by atoms with E-state index in [0.717, 1.165) is 0 Å². The highest BCUT2D eigenvalue weighted by Crippen LogP contribution is 2.65. The Morgan fingerprint density at radius 2 is 1.74 bits per heavy atom. The quantitative estimate of drug-likeness (QED) is 0.683. The number of amides is 3. The lowest BCUT2D eigenvalue weighted by Crippen LogP contribution is -2.73. The van der Waals surface area contributed by atoms with Crippen molar-refractivity contribution < 1.29 is 27.9 Å². The molecule has 4 fully saturated rings. The van der Waals surface area contributed by atoms with Crippen molar-refractivity contribution in [3.8, 4) is 0 Å². The van der Waals surface area contributed by atoms with Gasteiger partial charge in [-0.05, 0) is 23.2 Å². The molecule has 2 aliphatic carbocycles. The summed E-state index contributed by atoms with van der Waals surface area (Å²) in [6.45, 7) is 10.1. The molecule has 174 valence electrons. The molecule has 2 saturated carbocycles. The van der Waals surface area contributed by atoms with E-state index in [1.807, 2.05) is 20.8 Å². The van der Waals surface area contributed by atoms with Crippen molar-refractivity contribution in [3.63, 3.8) is 0 Å². The minimum atomic E-state index is -2.72. The summed E-state index contributed by atoms with van der Waals surface area (Å²) in [5.41, 5.74) is -1.75. The van der Waals surface area contributed by atoms with Crippen LogP contribution in [0.15, 0.2) is 0 Å². The Balaban J connectivity index is 1.47. The van der Waals surface area contributed by atoms with Crippen molar-refractivity contribution in [2.24, 2.45) is 28.1 Å². The molecular formula is C22H33F2N3O4. The van der Waals surface area contributed by atoms with Gasteiger partial charge >= 0.3 is 12.0 Å². The minimum absolute atomic E-state index is 0.00369. The first-order valence-electron chi connectivity index (χ1n) is 11.0. The highest BCUT2D eigenvalue weighted by atomic mass is 19.3. The SMILES string of the molecule is COC(=O)[C@@H]1[C@@H]2[C@H](CN1C(=O)[C@@H](NC(=O)N1CC3(CCC3(F)F)C1)C(C)(C)C)C2(C)C. The standard InChI is InChI=1S/C22H33F2N3O4/c1-19(2,3)15(25-18(30)26-10-21(11-26)7-8-22(21,23)24)16(28)27-9-12-13(20(12,4)5)14(27)17(29)31-6/h12-15H,7-11H2,1-6H3,(H,25,30)/t12-,13-,14-,15+/m0/s1. The Hall–Kier alpha value is -1.93. The number of urea groups is 1. The molecule has 4 atom stereocenters. The number of esters is 1. The molecule has 2 aliphatic heterocycles. The third-order valence-electron chi connectivity index (χ3n) is 8.28. The summed E-state index contributed by atoms with van der Waals surface area (Å²) in [7, 11) is 1.31. The van der Waals surface area contributed by atoms with E-state index in [1.54, 1.807) is 4.90 Å². The summed E-state index contributed by atoms with van der Waals surface area (Å²) in [5.74, 6) is -3.24. The molecule has 0 aromatic carbocycles. The fourth-order valence-corrected chi connectivity index (χ4v) is 5.82. The summed E-state index contributed by atoms with van der Waals surface area (Å²) >= 11 is 0. The maximum absolute atomic E-state index is 13.9. The number of carbonyl (C=O) groups is 3. The minimum Gasteiger partial charge on any atom is -0.467 e. The van der Waals surface area contributed by atoms with Crippen LogP contribution in [0.25, 0.3) is 0 Å². The van der Waals surface area contributed by atoms with Crippen LogP contribution >= 0.6 is 0 Å². The monoisotopic (exact) mass is 441 g/mol. The number of rotatable bonds is 3. The summed E-state index contributed by atoms with van der Waals surface area (Å²) in [4.78, 5) is 41.7. The third kappa shape index (κ3) is 3.13. The van der Waals surface area contributed by atoms with Gasteiger partial charge < -0.3 is 19.9 Å². The average Bonchev–Trinajstić information content (AvgIpc) is 2.98. The number of hydrogen-bond donors (Lipinski definition) is 1. The van der Waals surface area contributed by atoms with Crippen LogP contribution in [0.3, 0.4) is 0 Å². The predicted octanol–water partition coefficient (Wildman–Crippen LogP) is 2.50. The molecule has 7 nitrogen and oxygen atoms in total.